The van der Waals surface area contributed by atoms with Crippen LogP contribution in [0.15, 0.2) is 30.6 Å². The Morgan fingerprint density at radius 1 is 1.29 bits per heavy atom. The number of hydrogen-bond donors (Lipinski definition) is 1. The van der Waals surface area contributed by atoms with Crippen LogP contribution in [0.1, 0.15) is 0 Å². The summed E-state index contributed by atoms with van der Waals surface area (Å²) in [6.07, 6.45) is 3.07. The highest BCUT2D eigenvalue weighted by Crippen LogP contribution is 2.23. The van der Waals surface area contributed by atoms with E-state index < -0.39 is 0 Å². The van der Waals surface area contributed by atoms with Gasteiger partial charge in [0, 0.05) is 12.6 Å². The average molecular weight is 233 g/mol. The maximum absolute atomic E-state index is 13.6. The first kappa shape index (κ1) is 11.3. The van der Waals surface area contributed by atoms with Gasteiger partial charge in [0.05, 0.1) is 30.9 Å². The molecule has 5 heteroatoms. The Bertz CT molecular complexity index is 531. The second-order valence-electron chi connectivity index (χ2n) is 3.39. The number of benzene rings is 1. The Morgan fingerprint density at radius 2 is 2.12 bits per heavy atom. The van der Waals surface area contributed by atoms with Gasteiger partial charge in [0.1, 0.15) is 5.82 Å². The van der Waals surface area contributed by atoms with E-state index in [9.17, 15) is 4.39 Å². The lowest BCUT2D eigenvalue weighted by molar-refractivity contribution is 0.396. The third kappa shape index (κ3) is 2.33. The van der Waals surface area contributed by atoms with Gasteiger partial charge < -0.3 is 10.1 Å². The smallest absolute Gasteiger partial charge is 0.232 e. The number of ether oxygens (including phenoxy) is 1. The molecule has 0 fully saturated rings. The first-order valence-corrected chi connectivity index (χ1v) is 5.08. The molecule has 0 bridgehead atoms. The number of halogens is 1. The zero-order valence-electron chi connectivity index (χ0n) is 9.57. The quantitative estimate of drug-likeness (QED) is 0.883. The molecule has 0 aliphatic rings. The van der Waals surface area contributed by atoms with Gasteiger partial charge in [-0.3, -0.25) is 4.98 Å². The maximum atomic E-state index is 13.6. The van der Waals surface area contributed by atoms with E-state index in [1.54, 1.807) is 25.4 Å². The number of nitrogens with zero attached hydrogens (tertiary/aromatic N) is 2. The van der Waals surface area contributed by atoms with E-state index in [4.69, 9.17) is 4.74 Å². The largest absolute Gasteiger partial charge is 0.480 e. The predicted molar refractivity (Wildman–Crippen MR) is 63.5 cm³/mol. The lowest BCUT2D eigenvalue weighted by atomic mass is 10.1. The Labute approximate surface area is 98.5 Å². The molecule has 1 heterocycles. The maximum Gasteiger partial charge on any atom is 0.232 e. The third-order valence-corrected chi connectivity index (χ3v) is 2.36. The molecule has 1 aromatic carbocycles. The Kier molecular flexibility index (Phi) is 3.18. The average Bonchev–Trinajstić information content (AvgIpc) is 2.38. The normalized spacial score (nSPS) is 10.1. The van der Waals surface area contributed by atoms with E-state index in [1.807, 2.05) is 0 Å². The fourth-order valence-corrected chi connectivity index (χ4v) is 1.46. The van der Waals surface area contributed by atoms with E-state index in [2.05, 4.69) is 15.3 Å². The molecule has 0 saturated heterocycles. The van der Waals surface area contributed by atoms with Crippen molar-refractivity contribution in [2.45, 2.75) is 0 Å². The van der Waals surface area contributed by atoms with Crippen LogP contribution in [0.3, 0.4) is 0 Å². The van der Waals surface area contributed by atoms with Crippen molar-refractivity contribution in [3.05, 3.63) is 36.4 Å². The Balaban J connectivity index is 2.42. The third-order valence-electron chi connectivity index (χ3n) is 2.36. The standard InChI is InChI=1S/C12H12FN3O/c1-14-10-4-3-8(5-9(10)13)11-6-15-7-12(16-11)17-2/h3-7,14H,1-2H3. The fraction of sp³-hybridized carbons (Fsp3) is 0.167. The van der Waals surface area contributed by atoms with E-state index in [-0.39, 0.29) is 5.82 Å². The summed E-state index contributed by atoms with van der Waals surface area (Å²) < 4.78 is 18.5. The molecule has 0 aliphatic carbocycles. The summed E-state index contributed by atoms with van der Waals surface area (Å²) in [5.41, 5.74) is 1.68. The predicted octanol–water partition coefficient (Wildman–Crippen LogP) is 2.33. The minimum atomic E-state index is -0.324. The highest BCUT2D eigenvalue weighted by atomic mass is 19.1. The molecule has 0 unspecified atom stereocenters. The molecule has 0 aliphatic heterocycles. The molecule has 2 aromatic rings. The molecule has 0 radical (unpaired) electrons. The van der Waals surface area contributed by atoms with Crippen molar-refractivity contribution < 1.29 is 9.13 Å². The van der Waals surface area contributed by atoms with E-state index >= 15 is 0 Å². The van der Waals surface area contributed by atoms with Crippen LogP contribution in [-0.4, -0.2) is 24.1 Å². The molecule has 88 valence electrons. The van der Waals surface area contributed by atoms with Crippen molar-refractivity contribution in [3.8, 4) is 17.1 Å². The summed E-state index contributed by atoms with van der Waals surface area (Å²) in [5.74, 6) is 0.0789. The van der Waals surface area contributed by atoms with Gasteiger partial charge in [0.2, 0.25) is 5.88 Å². The minimum Gasteiger partial charge on any atom is -0.480 e. The molecule has 0 amide bonds. The van der Waals surface area contributed by atoms with Gasteiger partial charge >= 0.3 is 0 Å². The number of hydrogen-bond acceptors (Lipinski definition) is 4. The van der Waals surface area contributed by atoms with Crippen molar-refractivity contribution in [2.24, 2.45) is 0 Å². The van der Waals surface area contributed by atoms with Crippen molar-refractivity contribution in [3.63, 3.8) is 0 Å². The molecule has 1 N–H and O–H groups in total. The summed E-state index contributed by atoms with van der Waals surface area (Å²) in [4.78, 5) is 8.16. The monoisotopic (exact) mass is 233 g/mol. The number of nitrogens with one attached hydrogen (secondary N) is 1. The molecule has 4 nitrogen and oxygen atoms in total. The number of methoxy groups -OCH3 is 1. The van der Waals surface area contributed by atoms with Crippen molar-refractivity contribution in [2.75, 3.05) is 19.5 Å². The SMILES string of the molecule is CNc1ccc(-c2cncc(OC)n2)cc1F. The summed E-state index contributed by atoms with van der Waals surface area (Å²) in [6.45, 7) is 0. The second kappa shape index (κ2) is 4.78. The molecule has 17 heavy (non-hydrogen) atoms. The summed E-state index contributed by atoms with van der Waals surface area (Å²) in [5, 5.41) is 2.76. The van der Waals surface area contributed by atoms with Crippen LogP contribution < -0.4 is 10.1 Å². The van der Waals surface area contributed by atoms with Gasteiger partial charge in [-0.25, -0.2) is 9.37 Å². The van der Waals surface area contributed by atoms with Crippen LogP contribution in [0.5, 0.6) is 5.88 Å². The number of rotatable bonds is 3. The molecule has 0 saturated carbocycles. The van der Waals surface area contributed by atoms with E-state index in [0.29, 0.717) is 22.8 Å². The zero-order valence-corrected chi connectivity index (χ0v) is 9.57. The van der Waals surface area contributed by atoms with Crippen LogP contribution in [0.4, 0.5) is 10.1 Å². The van der Waals surface area contributed by atoms with Crippen molar-refractivity contribution in [1.82, 2.24) is 9.97 Å². The van der Waals surface area contributed by atoms with Gasteiger partial charge in [-0.05, 0) is 12.1 Å². The van der Waals surface area contributed by atoms with Gasteiger partial charge in [0.15, 0.2) is 0 Å². The summed E-state index contributed by atoms with van der Waals surface area (Å²) in [6, 6.07) is 4.85. The summed E-state index contributed by atoms with van der Waals surface area (Å²) in [7, 11) is 3.18. The van der Waals surface area contributed by atoms with Gasteiger partial charge in [0.25, 0.3) is 0 Å². The highest BCUT2D eigenvalue weighted by Gasteiger charge is 2.06. The van der Waals surface area contributed by atoms with Crippen LogP contribution >= 0.6 is 0 Å². The lowest BCUT2D eigenvalue weighted by Crippen LogP contribution is -1.95. The fourth-order valence-electron chi connectivity index (χ4n) is 1.46. The Morgan fingerprint density at radius 3 is 2.76 bits per heavy atom. The minimum absolute atomic E-state index is 0.324. The van der Waals surface area contributed by atoms with Crippen LogP contribution in [-0.2, 0) is 0 Å². The van der Waals surface area contributed by atoms with E-state index in [1.165, 1.54) is 19.4 Å². The second-order valence-corrected chi connectivity index (χ2v) is 3.39. The molecular weight excluding hydrogens is 221 g/mol. The van der Waals surface area contributed by atoms with Gasteiger partial charge in [-0.2, -0.15) is 0 Å². The molecule has 0 spiro atoms. The van der Waals surface area contributed by atoms with Gasteiger partial charge in [-0.15, -0.1) is 0 Å². The van der Waals surface area contributed by atoms with E-state index in [0.717, 1.165) is 0 Å². The van der Waals surface area contributed by atoms with Crippen LogP contribution in [0.25, 0.3) is 11.3 Å². The molecule has 2 rings (SSSR count). The summed E-state index contributed by atoms with van der Waals surface area (Å²) >= 11 is 0. The van der Waals surface area contributed by atoms with Crippen LogP contribution in [0.2, 0.25) is 0 Å². The highest BCUT2D eigenvalue weighted by molar-refractivity contribution is 5.62. The van der Waals surface area contributed by atoms with Gasteiger partial charge in [-0.1, -0.05) is 6.07 Å². The molecule has 1 aromatic heterocycles. The van der Waals surface area contributed by atoms with Crippen molar-refractivity contribution >= 4 is 5.69 Å². The number of aromatic nitrogens is 2. The lowest BCUT2D eigenvalue weighted by Gasteiger charge is -2.06. The first-order valence-electron chi connectivity index (χ1n) is 5.08. The van der Waals surface area contributed by atoms with Crippen LogP contribution in [0, 0.1) is 5.82 Å². The molecule has 0 atom stereocenters. The zero-order chi connectivity index (χ0) is 12.3. The number of anilines is 1. The Hall–Kier alpha value is -2.17. The topological polar surface area (TPSA) is 47.0 Å². The molecular formula is C12H12FN3O. The van der Waals surface area contributed by atoms with Crippen molar-refractivity contribution in [1.29, 1.82) is 0 Å². The first-order chi connectivity index (χ1) is 8.24.